The lowest BCUT2D eigenvalue weighted by molar-refractivity contribution is -0.132. The Balaban J connectivity index is 2.17. The van der Waals surface area contributed by atoms with Crippen LogP contribution in [0, 0.1) is 19.7 Å². The Morgan fingerprint density at radius 1 is 1.19 bits per heavy atom. The lowest BCUT2D eigenvalue weighted by Gasteiger charge is -2.23. The van der Waals surface area contributed by atoms with E-state index < -0.39 is 0 Å². The Bertz CT molecular complexity index is 781. The first kappa shape index (κ1) is 19.8. The highest BCUT2D eigenvalue weighted by Gasteiger charge is 2.20. The van der Waals surface area contributed by atoms with E-state index >= 15 is 0 Å². The minimum Gasteiger partial charge on any atom is -0.337 e. The second-order valence-electron chi connectivity index (χ2n) is 6.55. The summed E-state index contributed by atoms with van der Waals surface area (Å²) in [6, 6.07) is 6.19. The SMILES string of the molecule is CCCCN(Cc1ccc(F)cc1)C(=O)Cn1nc(C)c(C(C)=O)c1C. The zero-order valence-electron chi connectivity index (χ0n) is 15.9. The van der Waals surface area contributed by atoms with E-state index in [1.54, 1.807) is 35.6 Å². The summed E-state index contributed by atoms with van der Waals surface area (Å²) in [7, 11) is 0. The van der Waals surface area contributed by atoms with Crippen LogP contribution in [0.4, 0.5) is 4.39 Å². The Morgan fingerprint density at radius 3 is 2.38 bits per heavy atom. The maximum atomic E-state index is 13.1. The largest absolute Gasteiger partial charge is 0.337 e. The van der Waals surface area contributed by atoms with Crippen molar-refractivity contribution in [3.05, 3.63) is 52.6 Å². The molecule has 0 bridgehead atoms. The number of rotatable bonds is 8. The third-order valence-electron chi connectivity index (χ3n) is 4.44. The van der Waals surface area contributed by atoms with Crippen molar-refractivity contribution in [1.82, 2.24) is 14.7 Å². The van der Waals surface area contributed by atoms with Crippen molar-refractivity contribution in [3.63, 3.8) is 0 Å². The number of benzene rings is 1. The number of amides is 1. The van der Waals surface area contributed by atoms with E-state index in [1.807, 2.05) is 0 Å². The Morgan fingerprint density at radius 2 is 1.85 bits per heavy atom. The zero-order chi connectivity index (χ0) is 19.3. The summed E-state index contributed by atoms with van der Waals surface area (Å²) in [6.45, 7) is 8.30. The first-order valence-electron chi connectivity index (χ1n) is 8.90. The molecule has 0 saturated carbocycles. The highest BCUT2D eigenvalue weighted by Crippen LogP contribution is 2.15. The number of hydrogen-bond donors (Lipinski definition) is 0. The van der Waals surface area contributed by atoms with Gasteiger partial charge in [-0.2, -0.15) is 5.10 Å². The molecule has 0 radical (unpaired) electrons. The number of carbonyl (C=O) groups is 2. The number of halogens is 1. The number of aromatic nitrogens is 2. The van der Waals surface area contributed by atoms with Crippen LogP contribution in [-0.2, 0) is 17.9 Å². The normalized spacial score (nSPS) is 10.8. The molecule has 0 fully saturated rings. The molecule has 2 aromatic rings. The highest BCUT2D eigenvalue weighted by molar-refractivity contribution is 5.96. The molecule has 6 heteroatoms. The average Bonchev–Trinajstić information content (AvgIpc) is 2.86. The molecule has 1 aromatic carbocycles. The van der Waals surface area contributed by atoms with Crippen LogP contribution in [0.2, 0.25) is 0 Å². The number of nitrogens with zero attached hydrogens (tertiary/aromatic N) is 3. The van der Waals surface area contributed by atoms with Crippen molar-refractivity contribution in [3.8, 4) is 0 Å². The van der Waals surface area contributed by atoms with Crippen molar-refractivity contribution >= 4 is 11.7 Å². The highest BCUT2D eigenvalue weighted by atomic mass is 19.1. The van der Waals surface area contributed by atoms with Crippen LogP contribution in [-0.4, -0.2) is 32.9 Å². The predicted molar refractivity (Wildman–Crippen MR) is 98.4 cm³/mol. The topological polar surface area (TPSA) is 55.2 Å². The van der Waals surface area contributed by atoms with Crippen molar-refractivity contribution in [2.75, 3.05) is 6.54 Å². The van der Waals surface area contributed by atoms with Gasteiger partial charge in [-0.3, -0.25) is 14.3 Å². The molecule has 0 aliphatic heterocycles. The summed E-state index contributed by atoms with van der Waals surface area (Å²) >= 11 is 0. The fourth-order valence-electron chi connectivity index (χ4n) is 3.04. The van der Waals surface area contributed by atoms with E-state index in [0.29, 0.717) is 30.0 Å². The van der Waals surface area contributed by atoms with Crippen molar-refractivity contribution in [2.24, 2.45) is 0 Å². The molecule has 1 amide bonds. The molecular formula is C20H26FN3O2. The van der Waals surface area contributed by atoms with E-state index in [1.165, 1.54) is 19.1 Å². The number of aryl methyl sites for hydroxylation is 1. The molecule has 0 aliphatic carbocycles. The van der Waals surface area contributed by atoms with E-state index in [9.17, 15) is 14.0 Å². The number of hydrogen-bond acceptors (Lipinski definition) is 3. The molecule has 5 nitrogen and oxygen atoms in total. The monoisotopic (exact) mass is 359 g/mol. The van der Waals surface area contributed by atoms with Gasteiger partial charge in [0.1, 0.15) is 12.4 Å². The van der Waals surface area contributed by atoms with Gasteiger partial charge in [-0.05, 0) is 44.9 Å². The summed E-state index contributed by atoms with van der Waals surface area (Å²) in [5.74, 6) is -0.407. The number of carbonyl (C=O) groups excluding carboxylic acids is 2. The summed E-state index contributed by atoms with van der Waals surface area (Å²) in [4.78, 5) is 26.4. The Hall–Kier alpha value is -2.50. The molecule has 0 spiro atoms. The summed E-state index contributed by atoms with van der Waals surface area (Å²) < 4.78 is 14.7. The van der Waals surface area contributed by atoms with Gasteiger partial charge in [0.2, 0.25) is 5.91 Å². The Kier molecular flexibility index (Phi) is 6.66. The lowest BCUT2D eigenvalue weighted by Crippen LogP contribution is -2.34. The van der Waals surface area contributed by atoms with Gasteiger partial charge >= 0.3 is 0 Å². The average molecular weight is 359 g/mol. The molecule has 2 rings (SSSR count). The molecule has 0 N–H and O–H groups in total. The van der Waals surface area contributed by atoms with Crippen molar-refractivity contribution in [2.45, 2.75) is 53.6 Å². The molecule has 0 atom stereocenters. The summed E-state index contributed by atoms with van der Waals surface area (Å²) in [5.41, 5.74) is 2.81. The second kappa shape index (κ2) is 8.74. The van der Waals surface area contributed by atoms with Gasteiger partial charge in [-0.15, -0.1) is 0 Å². The fraction of sp³-hybridized carbons (Fsp3) is 0.450. The van der Waals surface area contributed by atoms with Gasteiger partial charge in [0.05, 0.1) is 11.3 Å². The van der Waals surface area contributed by atoms with Gasteiger partial charge in [0.25, 0.3) is 0 Å². The summed E-state index contributed by atoms with van der Waals surface area (Å²) in [5, 5.41) is 4.35. The predicted octanol–water partition coefficient (Wildman–Crippen LogP) is 3.67. The second-order valence-corrected chi connectivity index (χ2v) is 6.55. The standard InChI is InChI=1S/C20H26FN3O2/c1-5-6-11-23(12-17-7-9-18(21)10-8-17)19(26)13-24-15(3)20(16(4)25)14(2)22-24/h7-10H,5-6,11-13H2,1-4H3. The number of Topliss-reactive ketones (excluding diaryl/α,β-unsaturated/α-hetero) is 1. The van der Waals surface area contributed by atoms with E-state index in [4.69, 9.17) is 0 Å². The van der Waals surface area contributed by atoms with E-state index in [-0.39, 0.29) is 24.1 Å². The molecular weight excluding hydrogens is 333 g/mol. The molecule has 0 aliphatic rings. The minimum absolute atomic E-state index is 0.0483. The maximum Gasteiger partial charge on any atom is 0.244 e. The quantitative estimate of drug-likeness (QED) is 0.676. The van der Waals surface area contributed by atoms with Gasteiger partial charge in [-0.1, -0.05) is 25.5 Å². The third kappa shape index (κ3) is 4.77. The molecule has 1 heterocycles. The summed E-state index contributed by atoms with van der Waals surface area (Å²) in [6.07, 6.45) is 1.87. The zero-order valence-corrected chi connectivity index (χ0v) is 15.9. The van der Waals surface area contributed by atoms with Gasteiger partial charge in [0, 0.05) is 18.8 Å². The number of unbranched alkanes of at least 4 members (excludes halogenated alkanes) is 1. The van der Waals surface area contributed by atoms with Crippen LogP contribution in [0.5, 0.6) is 0 Å². The van der Waals surface area contributed by atoms with E-state index in [2.05, 4.69) is 12.0 Å². The van der Waals surface area contributed by atoms with Crippen LogP contribution in [0.25, 0.3) is 0 Å². The van der Waals surface area contributed by atoms with Crippen LogP contribution in [0.1, 0.15) is 54.0 Å². The van der Waals surface area contributed by atoms with Crippen LogP contribution in [0.3, 0.4) is 0 Å². The van der Waals surface area contributed by atoms with E-state index in [0.717, 1.165) is 18.4 Å². The van der Waals surface area contributed by atoms with Crippen LogP contribution >= 0.6 is 0 Å². The molecule has 140 valence electrons. The Labute approximate surface area is 153 Å². The fourth-order valence-corrected chi connectivity index (χ4v) is 3.04. The van der Waals surface area contributed by atoms with Crippen molar-refractivity contribution < 1.29 is 14.0 Å². The lowest BCUT2D eigenvalue weighted by atomic mass is 10.1. The minimum atomic E-state index is -0.292. The molecule has 0 unspecified atom stereocenters. The van der Waals surface area contributed by atoms with Crippen molar-refractivity contribution in [1.29, 1.82) is 0 Å². The van der Waals surface area contributed by atoms with Gasteiger partial charge in [0.15, 0.2) is 5.78 Å². The molecule has 26 heavy (non-hydrogen) atoms. The van der Waals surface area contributed by atoms with Gasteiger partial charge in [-0.25, -0.2) is 4.39 Å². The molecule has 0 saturated heterocycles. The molecule has 1 aromatic heterocycles. The maximum absolute atomic E-state index is 13.1. The van der Waals surface area contributed by atoms with Crippen LogP contribution in [0.15, 0.2) is 24.3 Å². The number of ketones is 1. The van der Waals surface area contributed by atoms with Gasteiger partial charge < -0.3 is 4.90 Å². The van der Waals surface area contributed by atoms with Crippen LogP contribution < -0.4 is 0 Å². The first-order chi connectivity index (χ1) is 12.3. The first-order valence-corrected chi connectivity index (χ1v) is 8.90. The smallest absolute Gasteiger partial charge is 0.244 e. The third-order valence-corrected chi connectivity index (χ3v) is 4.44.